The van der Waals surface area contributed by atoms with Gasteiger partial charge < -0.3 is 25.7 Å². The third kappa shape index (κ3) is 6.38. The van der Waals surface area contributed by atoms with Crippen molar-refractivity contribution in [3.05, 3.63) is 66.5 Å². The molecule has 9 nitrogen and oxygen atoms in total. The molecule has 2 aromatic heterocycles. The van der Waals surface area contributed by atoms with Crippen LogP contribution in [-0.2, 0) is 9.53 Å². The van der Waals surface area contributed by atoms with E-state index in [1.165, 1.54) is 0 Å². The molecule has 2 aromatic carbocycles. The van der Waals surface area contributed by atoms with Gasteiger partial charge in [-0.15, -0.1) is 0 Å². The van der Waals surface area contributed by atoms with Gasteiger partial charge in [-0.2, -0.15) is 0 Å². The van der Waals surface area contributed by atoms with Crippen molar-refractivity contribution >= 4 is 40.2 Å². The Balaban J connectivity index is 1.39. The fraction of sp³-hybridized carbons (Fsp3) is 0.259. The van der Waals surface area contributed by atoms with Crippen LogP contribution >= 0.6 is 0 Å². The van der Waals surface area contributed by atoms with Crippen LogP contribution < -0.4 is 16.0 Å². The van der Waals surface area contributed by atoms with E-state index in [0.717, 1.165) is 33.4 Å². The fourth-order valence-electron chi connectivity index (χ4n) is 3.66. The van der Waals surface area contributed by atoms with Gasteiger partial charge in [-0.05, 0) is 57.5 Å². The predicted octanol–water partition coefficient (Wildman–Crippen LogP) is 5.53. The highest BCUT2D eigenvalue weighted by Gasteiger charge is 2.16. The van der Waals surface area contributed by atoms with Crippen LogP contribution in [0.5, 0.6) is 0 Å². The molecule has 0 atom stereocenters. The number of alkyl carbamates (subject to hydrolysis) is 1. The zero-order valence-electron chi connectivity index (χ0n) is 20.8. The number of aromatic amines is 1. The molecule has 0 saturated carbocycles. The van der Waals surface area contributed by atoms with Gasteiger partial charge in [0.05, 0.1) is 5.69 Å². The molecule has 186 valence electrons. The van der Waals surface area contributed by atoms with E-state index in [0.29, 0.717) is 11.6 Å². The van der Waals surface area contributed by atoms with Crippen molar-refractivity contribution in [2.24, 2.45) is 0 Å². The normalized spacial score (nSPS) is 11.2. The molecule has 9 heteroatoms. The predicted molar refractivity (Wildman–Crippen MR) is 141 cm³/mol. The fourth-order valence-corrected chi connectivity index (χ4v) is 3.66. The number of nitrogens with zero attached hydrogens (tertiary/aromatic N) is 2. The van der Waals surface area contributed by atoms with E-state index in [2.05, 4.69) is 32.0 Å². The van der Waals surface area contributed by atoms with Crippen molar-refractivity contribution < 1.29 is 14.3 Å². The van der Waals surface area contributed by atoms with Crippen LogP contribution in [0, 0.1) is 6.92 Å². The first-order valence-corrected chi connectivity index (χ1v) is 11.7. The molecular formula is C27H30N6O3. The summed E-state index contributed by atoms with van der Waals surface area (Å²) in [7, 11) is 0. The summed E-state index contributed by atoms with van der Waals surface area (Å²) in [6.07, 6.45) is 3.31. The maximum absolute atomic E-state index is 12.3. The molecule has 0 fully saturated rings. The maximum atomic E-state index is 12.3. The van der Waals surface area contributed by atoms with Crippen LogP contribution in [0.15, 0.2) is 60.9 Å². The molecule has 0 saturated heterocycles. The van der Waals surface area contributed by atoms with Crippen LogP contribution in [0.4, 0.5) is 22.1 Å². The molecule has 0 aliphatic heterocycles. The van der Waals surface area contributed by atoms with E-state index < -0.39 is 11.7 Å². The summed E-state index contributed by atoms with van der Waals surface area (Å²) in [5.74, 6) is 0.224. The number of aryl methyl sites for hydroxylation is 1. The first-order valence-electron chi connectivity index (χ1n) is 11.7. The number of H-pyrrole nitrogens is 1. The highest BCUT2D eigenvalue weighted by atomic mass is 16.6. The second-order valence-corrected chi connectivity index (χ2v) is 9.41. The molecular weight excluding hydrogens is 456 g/mol. The Morgan fingerprint density at radius 1 is 1.06 bits per heavy atom. The van der Waals surface area contributed by atoms with Gasteiger partial charge >= 0.3 is 6.09 Å². The molecule has 0 aliphatic carbocycles. The Bertz CT molecular complexity index is 1390. The van der Waals surface area contributed by atoms with Crippen LogP contribution in [0.25, 0.3) is 22.2 Å². The van der Waals surface area contributed by atoms with Crippen molar-refractivity contribution in [3.63, 3.8) is 0 Å². The van der Waals surface area contributed by atoms with Crippen molar-refractivity contribution in [2.45, 2.75) is 39.7 Å². The number of anilines is 3. The number of ether oxygens (including phenoxy) is 1. The van der Waals surface area contributed by atoms with Crippen molar-refractivity contribution in [3.8, 4) is 11.3 Å². The molecule has 4 aromatic rings. The highest BCUT2D eigenvalue weighted by Crippen LogP contribution is 2.30. The minimum Gasteiger partial charge on any atom is -0.444 e. The molecule has 0 spiro atoms. The lowest BCUT2D eigenvalue weighted by Gasteiger charge is -2.19. The lowest BCUT2D eigenvalue weighted by molar-refractivity contribution is -0.116. The largest absolute Gasteiger partial charge is 0.444 e. The van der Waals surface area contributed by atoms with Gasteiger partial charge in [0.25, 0.3) is 0 Å². The topological polar surface area (TPSA) is 121 Å². The molecule has 4 N–H and O–H groups in total. The molecule has 2 amide bonds. The van der Waals surface area contributed by atoms with Gasteiger partial charge in [0.2, 0.25) is 11.9 Å². The number of carbonyl (C=O) groups is 2. The number of para-hydroxylation sites is 1. The number of fused-ring (bicyclic) bond motifs is 1. The molecule has 0 bridgehead atoms. The second kappa shape index (κ2) is 10.5. The number of aromatic nitrogens is 3. The lowest BCUT2D eigenvalue weighted by Crippen LogP contribution is -2.34. The van der Waals surface area contributed by atoms with E-state index in [1.807, 2.05) is 43.5 Å². The van der Waals surface area contributed by atoms with E-state index in [4.69, 9.17) is 9.72 Å². The summed E-state index contributed by atoms with van der Waals surface area (Å²) in [6.45, 7) is 7.50. The summed E-state index contributed by atoms with van der Waals surface area (Å²) in [6, 6.07) is 15.4. The molecule has 36 heavy (non-hydrogen) atoms. The van der Waals surface area contributed by atoms with E-state index in [1.54, 1.807) is 39.1 Å². The van der Waals surface area contributed by atoms with Crippen LogP contribution in [0.2, 0.25) is 0 Å². The van der Waals surface area contributed by atoms with E-state index in [9.17, 15) is 9.59 Å². The zero-order chi connectivity index (χ0) is 25.7. The Labute approximate surface area is 209 Å². The van der Waals surface area contributed by atoms with Gasteiger partial charge in [0, 0.05) is 53.2 Å². The van der Waals surface area contributed by atoms with Crippen molar-refractivity contribution in [1.29, 1.82) is 0 Å². The number of hydrogen-bond donors (Lipinski definition) is 4. The Morgan fingerprint density at radius 2 is 1.83 bits per heavy atom. The zero-order valence-corrected chi connectivity index (χ0v) is 20.8. The number of nitrogens with one attached hydrogen (secondary N) is 4. The monoisotopic (exact) mass is 486 g/mol. The number of hydrogen-bond acceptors (Lipinski definition) is 6. The summed E-state index contributed by atoms with van der Waals surface area (Å²) in [5, 5.41) is 9.73. The van der Waals surface area contributed by atoms with Gasteiger partial charge in [-0.3, -0.25) is 4.79 Å². The third-order valence-corrected chi connectivity index (χ3v) is 5.24. The average Bonchev–Trinajstić information content (AvgIpc) is 3.23. The first-order chi connectivity index (χ1) is 17.2. The smallest absolute Gasteiger partial charge is 0.407 e. The Morgan fingerprint density at radius 3 is 2.64 bits per heavy atom. The van der Waals surface area contributed by atoms with Crippen molar-refractivity contribution in [1.82, 2.24) is 20.3 Å². The minimum absolute atomic E-state index is 0.117. The van der Waals surface area contributed by atoms with Gasteiger partial charge in [-0.25, -0.2) is 14.8 Å². The number of benzene rings is 2. The summed E-state index contributed by atoms with van der Waals surface area (Å²) in [4.78, 5) is 36.5. The average molecular weight is 487 g/mol. The summed E-state index contributed by atoms with van der Waals surface area (Å²) >= 11 is 0. The molecule has 4 rings (SSSR count). The van der Waals surface area contributed by atoms with Gasteiger partial charge in [0.1, 0.15) is 5.60 Å². The first kappa shape index (κ1) is 24.7. The Kier molecular flexibility index (Phi) is 7.19. The summed E-state index contributed by atoms with van der Waals surface area (Å²) in [5.41, 5.74) is 4.62. The van der Waals surface area contributed by atoms with E-state index >= 15 is 0 Å². The van der Waals surface area contributed by atoms with Gasteiger partial charge in [-0.1, -0.05) is 24.3 Å². The minimum atomic E-state index is -0.586. The maximum Gasteiger partial charge on any atom is 0.407 e. The Hall–Kier alpha value is -4.40. The molecule has 0 radical (unpaired) electrons. The molecule has 2 heterocycles. The summed E-state index contributed by atoms with van der Waals surface area (Å²) < 4.78 is 5.17. The van der Waals surface area contributed by atoms with Crippen LogP contribution in [-0.4, -0.2) is 39.1 Å². The SMILES string of the molecule is Cc1cnc(Nc2cccc(NC(=O)CCNC(=O)OC(C)(C)C)c2)nc1-c1c[nH]c2ccccc12. The second-order valence-electron chi connectivity index (χ2n) is 9.41. The number of carbonyl (C=O) groups excluding carboxylic acids is 2. The van der Waals surface area contributed by atoms with Crippen LogP contribution in [0.1, 0.15) is 32.8 Å². The number of rotatable bonds is 7. The lowest BCUT2D eigenvalue weighted by atomic mass is 10.1. The molecule has 0 aliphatic rings. The number of amides is 2. The third-order valence-electron chi connectivity index (χ3n) is 5.24. The van der Waals surface area contributed by atoms with Crippen molar-refractivity contribution in [2.75, 3.05) is 17.2 Å². The van der Waals surface area contributed by atoms with Crippen LogP contribution in [0.3, 0.4) is 0 Å². The highest BCUT2D eigenvalue weighted by molar-refractivity contribution is 5.95. The molecule has 0 unspecified atom stereocenters. The quantitative estimate of drug-likeness (QED) is 0.273. The van der Waals surface area contributed by atoms with Gasteiger partial charge in [0.15, 0.2) is 0 Å². The van der Waals surface area contributed by atoms with E-state index in [-0.39, 0.29) is 18.9 Å². The standard InChI is InChI=1S/C27H30N6O3/c1-17-15-30-25(33-24(17)21-16-29-22-11-6-5-10-20(21)22)32-19-9-7-8-18(14-19)31-23(34)12-13-28-26(35)36-27(2,3)4/h5-11,14-16,29H,12-13H2,1-4H3,(H,28,35)(H,31,34)(H,30,32,33).